The van der Waals surface area contributed by atoms with Crippen LogP contribution in [-0.4, -0.2) is 44.4 Å². The molecule has 5 heteroatoms. The minimum atomic E-state index is 0.0443. The molecule has 0 fully saturated rings. The van der Waals surface area contributed by atoms with Crippen LogP contribution in [0.4, 0.5) is 0 Å². The first-order valence-electron chi connectivity index (χ1n) is 6.63. The van der Waals surface area contributed by atoms with Crippen LogP contribution < -0.4 is 20.9 Å². The van der Waals surface area contributed by atoms with Crippen molar-refractivity contribution in [1.82, 2.24) is 4.90 Å². The fourth-order valence-corrected chi connectivity index (χ4v) is 2.23. The molecule has 4 N–H and O–H groups in total. The lowest BCUT2D eigenvalue weighted by atomic mass is 10.0. The molecular weight excluding hydrogens is 242 g/mol. The second-order valence-corrected chi connectivity index (χ2v) is 5.14. The molecule has 0 radical (unpaired) electrons. The van der Waals surface area contributed by atoms with Gasteiger partial charge in [-0.05, 0) is 43.7 Å². The summed E-state index contributed by atoms with van der Waals surface area (Å²) in [6.07, 6.45) is 0.969. The van der Waals surface area contributed by atoms with E-state index in [-0.39, 0.29) is 6.04 Å². The number of nitrogens with two attached hydrogens (primary N) is 2. The van der Waals surface area contributed by atoms with Gasteiger partial charge in [-0.1, -0.05) is 0 Å². The van der Waals surface area contributed by atoms with Crippen LogP contribution in [-0.2, 0) is 6.42 Å². The Morgan fingerprint density at radius 2 is 2.00 bits per heavy atom. The van der Waals surface area contributed by atoms with Crippen LogP contribution in [0.2, 0.25) is 0 Å². The standard InChI is InChI=1S/C14H23N3O2/c1-10-5-13-14(19-9-18-13)6-11(10)3-4-17(2)8-12(16)7-15/h5-6,12H,3-4,7-9,15-16H2,1-2H3. The highest BCUT2D eigenvalue weighted by Crippen LogP contribution is 2.34. The molecule has 2 rings (SSSR count). The molecule has 0 aliphatic carbocycles. The average molecular weight is 265 g/mol. The summed E-state index contributed by atoms with van der Waals surface area (Å²) >= 11 is 0. The first-order valence-corrected chi connectivity index (χ1v) is 6.63. The van der Waals surface area contributed by atoms with E-state index in [0.29, 0.717) is 13.3 Å². The maximum absolute atomic E-state index is 5.84. The van der Waals surface area contributed by atoms with Gasteiger partial charge in [0.2, 0.25) is 6.79 Å². The van der Waals surface area contributed by atoms with Crippen molar-refractivity contribution in [3.63, 3.8) is 0 Å². The molecule has 0 bridgehead atoms. The van der Waals surface area contributed by atoms with Crippen LogP contribution in [0.3, 0.4) is 0 Å². The lowest BCUT2D eigenvalue weighted by Gasteiger charge is -2.20. The second kappa shape index (κ2) is 6.23. The van der Waals surface area contributed by atoms with Crippen LogP contribution in [0.25, 0.3) is 0 Å². The fraction of sp³-hybridized carbons (Fsp3) is 0.571. The number of hydrogen-bond donors (Lipinski definition) is 2. The zero-order chi connectivity index (χ0) is 13.8. The van der Waals surface area contributed by atoms with Crippen LogP contribution >= 0.6 is 0 Å². The van der Waals surface area contributed by atoms with E-state index in [2.05, 4.69) is 24.9 Å². The van der Waals surface area contributed by atoms with Crippen LogP contribution in [0.15, 0.2) is 12.1 Å². The molecule has 1 atom stereocenters. The Bertz CT molecular complexity index is 437. The summed E-state index contributed by atoms with van der Waals surface area (Å²) in [5.41, 5.74) is 13.9. The molecule has 0 spiro atoms. The highest BCUT2D eigenvalue weighted by atomic mass is 16.7. The van der Waals surface area contributed by atoms with Crippen LogP contribution in [0, 0.1) is 6.92 Å². The van der Waals surface area contributed by atoms with Gasteiger partial charge in [-0.3, -0.25) is 0 Å². The Hall–Kier alpha value is -1.30. The summed E-state index contributed by atoms with van der Waals surface area (Å²) in [5.74, 6) is 1.70. The monoisotopic (exact) mass is 265 g/mol. The van der Waals surface area contributed by atoms with Crippen molar-refractivity contribution in [3.05, 3.63) is 23.3 Å². The van der Waals surface area contributed by atoms with E-state index in [4.69, 9.17) is 20.9 Å². The summed E-state index contributed by atoms with van der Waals surface area (Å²) in [4.78, 5) is 2.21. The summed E-state index contributed by atoms with van der Waals surface area (Å²) in [6, 6.07) is 4.17. The van der Waals surface area contributed by atoms with Gasteiger partial charge in [0, 0.05) is 25.7 Å². The largest absolute Gasteiger partial charge is 0.454 e. The summed E-state index contributed by atoms with van der Waals surface area (Å²) in [5, 5.41) is 0. The van der Waals surface area contributed by atoms with Crippen molar-refractivity contribution in [3.8, 4) is 11.5 Å². The molecule has 1 aromatic rings. The molecular formula is C14H23N3O2. The third kappa shape index (κ3) is 3.59. The number of hydrogen-bond acceptors (Lipinski definition) is 5. The molecule has 1 heterocycles. The van der Waals surface area contributed by atoms with Gasteiger partial charge < -0.3 is 25.8 Å². The molecule has 5 nitrogen and oxygen atoms in total. The van der Waals surface area contributed by atoms with Crippen molar-refractivity contribution >= 4 is 0 Å². The molecule has 106 valence electrons. The lowest BCUT2D eigenvalue weighted by molar-refractivity contribution is 0.174. The normalized spacial score (nSPS) is 15.0. The number of likely N-dealkylation sites (N-methyl/N-ethyl adjacent to an activating group) is 1. The van der Waals surface area contributed by atoms with Gasteiger partial charge >= 0.3 is 0 Å². The van der Waals surface area contributed by atoms with Crippen molar-refractivity contribution < 1.29 is 9.47 Å². The highest BCUT2D eigenvalue weighted by Gasteiger charge is 2.15. The van der Waals surface area contributed by atoms with Gasteiger partial charge in [0.1, 0.15) is 0 Å². The van der Waals surface area contributed by atoms with Crippen molar-refractivity contribution in [2.75, 3.05) is 33.5 Å². The molecule has 1 aromatic carbocycles. The van der Waals surface area contributed by atoms with Crippen molar-refractivity contribution in [1.29, 1.82) is 0 Å². The molecule has 1 aliphatic rings. The third-order valence-corrected chi connectivity index (χ3v) is 3.44. The number of benzene rings is 1. The maximum Gasteiger partial charge on any atom is 0.231 e. The highest BCUT2D eigenvalue weighted by molar-refractivity contribution is 5.48. The molecule has 0 aromatic heterocycles. The van der Waals surface area contributed by atoms with Crippen LogP contribution in [0.1, 0.15) is 11.1 Å². The van der Waals surface area contributed by atoms with Gasteiger partial charge in [-0.25, -0.2) is 0 Å². The predicted molar refractivity (Wildman–Crippen MR) is 75.5 cm³/mol. The first kappa shape index (κ1) is 14.1. The maximum atomic E-state index is 5.84. The molecule has 1 aliphatic heterocycles. The van der Waals surface area contributed by atoms with E-state index in [1.54, 1.807) is 0 Å². The molecule has 0 amide bonds. The number of fused-ring (bicyclic) bond motifs is 1. The van der Waals surface area contributed by atoms with Gasteiger partial charge in [0.15, 0.2) is 11.5 Å². The third-order valence-electron chi connectivity index (χ3n) is 3.44. The first-order chi connectivity index (χ1) is 9.10. The fourth-order valence-electron chi connectivity index (χ4n) is 2.23. The summed E-state index contributed by atoms with van der Waals surface area (Å²) < 4.78 is 10.8. The number of ether oxygens (including phenoxy) is 2. The van der Waals surface area contributed by atoms with Crippen molar-refractivity contribution in [2.24, 2.45) is 11.5 Å². The van der Waals surface area contributed by atoms with Gasteiger partial charge in [0.05, 0.1) is 0 Å². The minimum absolute atomic E-state index is 0.0443. The van der Waals surface area contributed by atoms with Gasteiger partial charge in [-0.2, -0.15) is 0 Å². The van der Waals surface area contributed by atoms with E-state index >= 15 is 0 Å². The molecule has 1 unspecified atom stereocenters. The van der Waals surface area contributed by atoms with Gasteiger partial charge in [-0.15, -0.1) is 0 Å². The summed E-state index contributed by atoms with van der Waals surface area (Å²) in [6.45, 7) is 4.72. The Kier molecular flexibility index (Phi) is 4.63. The molecule has 19 heavy (non-hydrogen) atoms. The SMILES string of the molecule is Cc1cc2c(cc1CCN(C)CC(N)CN)OCO2. The van der Waals surface area contributed by atoms with E-state index in [9.17, 15) is 0 Å². The molecule has 0 saturated heterocycles. The average Bonchev–Trinajstić information content (AvgIpc) is 2.82. The predicted octanol–water partition coefficient (Wildman–Crippen LogP) is 0.484. The summed E-state index contributed by atoms with van der Waals surface area (Å²) in [7, 11) is 2.07. The van der Waals surface area contributed by atoms with Gasteiger partial charge in [0.25, 0.3) is 0 Å². The zero-order valence-electron chi connectivity index (χ0n) is 11.7. The van der Waals surface area contributed by atoms with Crippen molar-refractivity contribution in [2.45, 2.75) is 19.4 Å². The number of rotatable bonds is 6. The van der Waals surface area contributed by atoms with E-state index in [1.165, 1.54) is 11.1 Å². The quantitative estimate of drug-likeness (QED) is 0.783. The number of aryl methyl sites for hydroxylation is 1. The smallest absolute Gasteiger partial charge is 0.231 e. The Balaban J connectivity index is 1.92. The second-order valence-electron chi connectivity index (χ2n) is 5.14. The van der Waals surface area contributed by atoms with Crippen LogP contribution in [0.5, 0.6) is 11.5 Å². The van der Waals surface area contributed by atoms with E-state index < -0.39 is 0 Å². The molecule has 0 saturated carbocycles. The lowest BCUT2D eigenvalue weighted by Crippen LogP contribution is -2.41. The van der Waals surface area contributed by atoms with E-state index in [1.807, 2.05) is 6.07 Å². The van der Waals surface area contributed by atoms with E-state index in [0.717, 1.165) is 31.0 Å². The number of nitrogens with zero attached hydrogens (tertiary/aromatic N) is 1. The Morgan fingerprint density at radius 3 is 2.68 bits per heavy atom. The Morgan fingerprint density at radius 1 is 1.32 bits per heavy atom. The Labute approximate surface area is 114 Å². The minimum Gasteiger partial charge on any atom is -0.454 e. The zero-order valence-corrected chi connectivity index (χ0v) is 11.7. The topological polar surface area (TPSA) is 73.7 Å².